The Morgan fingerprint density at radius 1 is 1.25 bits per heavy atom. The van der Waals surface area contributed by atoms with E-state index in [1.807, 2.05) is 20.8 Å². The van der Waals surface area contributed by atoms with Crippen molar-refractivity contribution in [2.45, 2.75) is 47.0 Å². The van der Waals surface area contributed by atoms with Crippen LogP contribution in [0.2, 0.25) is 0 Å². The van der Waals surface area contributed by atoms with Crippen LogP contribution in [-0.4, -0.2) is 4.98 Å². The predicted molar refractivity (Wildman–Crippen MR) is 56.9 cm³/mol. The zero-order valence-electron chi connectivity index (χ0n) is 8.93. The van der Waals surface area contributed by atoms with Crippen molar-refractivity contribution in [1.29, 1.82) is 0 Å². The molecule has 0 fully saturated rings. The minimum Gasteiger partial charge on any atom is -0.246 e. The molecule has 2 heteroatoms. The molecule has 1 rings (SSSR count). The van der Waals surface area contributed by atoms with Gasteiger partial charge in [0.1, 0.15) is 0 Å². The standard InChI is InChI=1S/C8H13NS.C2H6/c1-6-9-7(5-10-6)8(2,3)4;1-2/h5H,1-4H3;1-2H3. The SMILES string of the molecule is CC.Cc1nc(C(C)(C)C)cs1. The Labute approximate surface area is 79.9 Å². The molecule has 0 amide bonds. The fourth-order valence-electron chi connectivity index (χ4n) is 0.708. The Kier molecular flexibility index (Phi) is 4.46. The fourth-order valence-corrected chi connectivity index (χ4v) is 1.55. The van der Waals surface area contributed by atoms with Crippen molar-refractivity contribution in [2.75, 3.05) is 0 Å². The Bertz CT molecular complexity index is 220. The van der Waals surface area contributed by atoms with Gasteiger partial charge in [-0.05, 0) is 6.92 Å². The Morgan fingerprint density at radius 3 is 1.92 bits per heavy atom. The molecule has 0 saturated carbocycles. The first kappa shape index (κ1) is 11.6. The third-order valence-electron chi connectivity index (χ3n) is 1.39. The molecule has 0 atom stereocenters. The van der Waals surface area contributed by atoms with Crippen molar-refractivity contribution < 1.29 is 0 Å². The highest BCUT2D eigenvalue weighted by molar-refractivity contribution is 7.09. The van der Waals surface area contributed by atoms with Crippen LogP contribution in [0, 0.1) is 6.92 Å². The second-order valence-electron chi connectivity index (χ2n) is 3.50. The second-order valence-corrected chi connectivity index (χ2v) is 4.56. The van der Waals surface area contributed by atoms with E-state index in [1.165, 1.54) is 5.69 Å². The summed E-state index contributed by atoms with van der Waals surface area (Å²) >= 11 is 1.72. The van der Waals surface area contributed by atoms with E-state index in [1.54, 1.807) is 11.3 Å². The van der Waals surface area contributed by atoms with Crippen LogP contribution < -0.4 is 0 Å². The van der Waals surface area contributed by atoms with Gasteiger partial charge in [0.2, 0.25) is 0 Å². The van der Waals surface area contributed by atoms with E-state index in [2.05, 4.69) is 31.1 Å². The van der Waals surface area contributed by atoms with Crippen molar-refractivity contribution in [1.82, 2.24) is 4.98 Å². The van der Waals surface area contributed by atoms with Gasteiger partial charge in [-0.25, -0.2) is 4.98 Å². The maximum absolute atomic E-state index is 4.40. The van der Waals surface area contributed by atoms with Crippen molar-refractivity contribution in [2.24, 2.45) is 0 Å². The average Bonchev–Trinajstić information content (AvgIpc) is 2.39. The maximum atomic E-state index is 4.40. The molecule has 1 aromatic heterocycles. The lowest BCUT2D eigenvalue weighted by Gasteiger charge is -2.13. The Hall–Kier alpha value is -0.370. The molecule has 0 radical (unpaired) electrons. The summed E-state index contributed by atoms with van der Waals surface area (Å²) in [5, 5.41) is 3.29. The molecule has 1 heterocycles. The molecule has 0 bridgehead atoms. The van der Waals surface area contributed by atoms with Crippen LogP contribution >= 0.6 is 11.3 Å². The minimum atomic E-state index is 0.213. The summed E-state index contributed by atoms with van der Waals surface area (Å²) in [7, 11) is 0. The summed E-state index contributed by atoms with van der Waals surface area (Å²) in [5.41, 5.74) is 1.42. The summed E-state index contributed by atoms with van der Waals surface area (Å²) in [5.74, 6) is 0. The van der Waals surface area contributed by atoms with Gasteiger partial charge < -0.3 is 0 Å². The van der Waals surface area contributed by atoms with Crippen molar-refractivity contribution in [3.63, 3.8) is 0 Å². The number of hydrogen-bond acceptors (Lipinski definition) is 2. The summed E-state index contributed by atoms with van der Waals surface area (Å²) in [6, 6.07) is 0. The van der Waals surface area contributed by atoms with E-state index in [0.29, 0.717) is 0 Å². The monoisotopic (exact) mass is 185 g/mol. The number of aromatic nitrogens is 1. The van der Waals surface area contributed by atoms with Gasteiger partial charge in [0.05, 0.1) is 10.7 Å². The molecule has 1 nitrogen and oxygen atoms in total. The van der Waals surface area contributed by atoms with Crippen LogP contribution in [0.5, 0.6) is 0 Å². The molecule has 12 heavy (non-hydrogen) atoms. The first-order chi connectivity index (χ1) is 5.50. The first-order valence-electron chi connectivity index (χ1n) is 4.43. The van der Waals surface area contributed by atoms with E-state index in [4.69, 9.17) is 0 Å². The van der Waals surface area contributed by atoms with Crippen LogP contribution in [0.1, 0.15) is 45.3 Å². The highest BCUT2D eigenvalue weighted by Gasteiger charge is 2.15. The number of aryl methyl sites for hydroxylation is 1. The van der Waals surface area contributed by atoms with Gasteiger partial charge in [-0.15, -0.1) is 11.3 Å². The molecule has 0 aliphatic rings. The van der Waals surface area contributed by atoms with Crippen LogP contribution in [0.3, 0.4) is 0 Å². The zero-order chi connectivity index (χ0) is 9.78. The number of thiazole rings is 1. The molecule has 0 spiro atoms. The average molecular weight is 185 g/mol. The summed E-state index contributed by atoms with van der Waals surface area (Å²) in [6.07, 6.45) is 0. The lowest BCUT2D eigenvalue weighted by atomic mass is 9.93. The van der Waals surface area contributed by atoms with Gasteiger partial charge in [-0.3, -0.25) is 0 Å². The summed E-state index contributed by atoms with van der Waals surface area (Å²) in [6.45, 7) is 12.6. The molecule has 0 saturated heterocycles. The Balaban J connectivity index is 0.000000561. The quantitative estimate of drug-likeness (QED) is 0.599. The molecule has 0 aromatic carbocycles. The van der Waals surface area contributed by atoms with Gasteiger partial charge in [0.15, 0.2) is 0 Å². The second kappa shape index (κ2) is 4.61. The van der Waals surface area contributed by atoms with Gasteiger partial charge in [0.25, 0.3) is 0 Å². The number of nitrogens with zero attached hydrogens (tertiary/aromatic N) is 1. The topological polar surface area (TPSA) is 12.9 Å². The molecule has 1 aromatic rings. The summed E-state index contributed by atoms with van der Waals surface area (Å²) in [4.78, 5) is 4.40. The minimum absolute atomic E-state index is 0.213. The smallest absolute Gasteiger partial charge is 0.0897 e. The van der Waals surface area contributed by atoms with Crippen LogP contribution in [0.15, 0.2) is 5.38 Å². The third kappa shape index (κ3) is 3.35. The van der Waals surface area contributed by atoms with E-state index >= 15 is 0 Å². The lowest BCUT2D eigenvalue weighted by Crippen LogP contribution is -2.11. The van der Waals surface area contributed by atoms with Crippen molar-refractivity contribution in [3.8, 4) is 0 Å². The molecule has 0 aliphatic heterocycles. The molecular weight excluding hydrogens is 166 g/mol. The van der Waals surface area contributed by atoms with Crippen LogP contribution in [0.25, 0.3) is 0 Å². The third-order valence-corrected chi connectivity index (χ3v) is 2.16. The number of hydrogen-bond donors (Lipinski definition) is 0. The zero-order valence-corrected chi connectivity index (χ0v) is 9.75. The van der Waals surface area contributed by atoms with Crippen LogP contribution in [-0.2, 0) is 5.41 Å². The predicted octanol–water partition coefficient (Wildman–Crippen LogP) is 3.78. The van der Waals surface area contributed by atoms with Gasteiger partial charge in [0, 0.05) is 10.8 Å². The van der Waals surface area contributed by atoms with Crippen LogP contribution in [0.4, 0.5) is 0 Å². The summed E-state index contributed by atoms with van der Waals surface area (Å²) < 4.78 is 0. The van der Waals surface area contributed by atoms with E-state index < -0.39 is 0 Å². The van der Waals surface area contributed by atoms with Gasteiger partial charge in [-0.1, -0.05) is 34.6 Å². The molecule has 0 N–H and O–H groups in total. The molecule has 0 aliphatic carbocycles. The highest BCUT2D eigenvalue weighted by atomic mass is 32.1. The van der Waals surface area contributed by atoms with Gasteiger partial charge >= 0.3 is 0 Å². The van der Waals surface area contributed by atoms with Crippen molar-refractivity contribution in [3.05, 3.63) is 16.1 Å². The Morgan fingerprint density at radius 2 is 1.75 bits per heavy atom. The fraction of sp³-hybridized carbons (Fsp3) is 0.700. The first-order valence-corrected chi connectivity index (χ1v) is 5.31. The lowest BCUT2D eigenvalue weighted by molar-refractivity contribution is 0.572. The highest BCUT2D eigenvalue weighted by Crippen LogP contribution is 2.22. The molecule has 70 valence electrons. The van der Waals surface area contributed by atoms with Crippen molar-refractivity contribution >= 4 is 11.3 Å². The largest absolute Gasteiger partial charge is 0.246 e. The van der Waals surface area contributed by atoms with Gasteiger partial charge in [-0.2, -0.15) is 0 Å². The normalized spacial score (nSPS) is 10.5. The van der Waals surface area contributed by atoms with E-state index in [-0.39, 0.29) is 5.41 Å². The molecular formula is C10H19NS. The van der Waals surface area contributed by atoms with E-state index in [0.717, 1.165) is 5.01 Å². The maximum Gasteiger partial charge on any atom is 0.0897 e. The van der Waals surface area contributed by atoms with E-state index in [9.17, 15) is 0 Å². The molecule has 0 unspecified atom stereocenters. The number of rotatable bonds is 0.